The Balaban J connectivity index is 1.65. The Labute approximate surface area is 183 Å². The second-order valence-corrected chi connectivity index (χ2v) is 8.78. The third-order valence-corrected chi connectivity index (χ3v) is 6.14. The second kappa shape index (κ2) is 9.99. The van der Waals surface area contributed by atoms with Gasteiger partial charge in [0.25, 0.3) is 16.1 Å². The van der Waals surface area contributed by atoms with Gasteiger partial charge in [0.2, 0.25) is 0 Å². The summed E-state index contributed by atoms with van der Waals surface area (Å²) in [5.74, 6) is 0.104. The first-order chi connectivity index (χ1) is 14.8. The number of nitrogens with one attached hydrogen (secondary N) is 3. The first-order valence-electron chi connectivity index (χ1n) is 10.1. The van der Waals surface area contributed by atoms with Crippen LogP contribution in [0.3, 0.4) is 0 Å². The monoisotopic (exact) mass is 444 g/mol. The summed E-state index contributed by atoms with van der Waals surface area (Å²) < 4.78 is 28.6. The van der Waals surface area contributed by atoms with Gasteiger partial charge in [-0.3, -0.25) is 14.4 Å². The van der Waals surface area contributed by atoms with Crippen LogP contribution in [0.25, 0.3) is 5.57 Å². The molecule has 3 rings (SSSR count). The van der Waals surface area contributed by atoms with Crippen LogP contribution in [0.5, 0.6) is 0 Å². The Kier molecular flexibility index (Phi) is 7.37. The summed E-state index contributed by atoms with van der Waals surface area (Å²) in [6.07, 6.45) is 4.66. The smallest absolute Gasteiger partial charge is 0.300 e. The zero-order valence-electron chi connectivity index (χ0n) is 18.0. The molecule has 0 unspecified atom stereocenters. The van der Waals surface area contributed by atoms with E-state index in [4.69, 9.17) is 0 Å². The molecule has 1 aliphatic rings. The van der Waals surface area contributed by atoms with Crippen LogP contribution in [0.15, 0.2) is 36.5 Å². The molecule has 0 saturated heterocycles. The fourth-order valence-corrected chi connectivity index (χ4v) is 4.34. The van der Waals surface area contributed by atoms with E-state index in [1.807, 2.05) is 19.1 Å². The zero-order valence-corrected chi connectivity index (χ0v) is 18.8. The van der Waals surface area contributed by atoms with E-state index >= 15 is 0 Å². The van der Waals surface area contributed by atoms with Gasteiger partial charge in [0, 0.05) is 45.1 Å². The molecule has 3 N–H and O–H groups in total. The number of carbonyl (C=O) groups is 1. The molecule has 3 heterocycles. The summed E-state index contributed by atoms with van der Waals surface area (Å²) in [5, 5.41) is 2.59. The summed E-state index contributed by atoms with van der Waals surface area (Å²) in [4.78, 5) is 22.6. The van der Waals surface area contributed by atoms with Gasteiger partial charge in [-0.1, -0.05) is 19.1 Å². The van der Waals surface area contributed by atoms with Gasteiger partial charge in [0.1, 0.15) is 11.5 Å². The lowest BCUT2D eigenvalue weighted by atomic mass is 9.97. The van der Waals surface area contributed by atoms with Crippen molar-refractivity contribution in [2.75, 3.05) is 31.4 Å². The average molecular weight is 445 g/mol. The fourth-order valence-electron chi connectivity index (χ4n) is 3.50. The number of anilines is 1. The number of hydrogen-bond acceptors (Lipinski definition) is 6. The fraction of sp³-hybridized carbons (Fsp3) is 0.381. The minimum absolute atomic E-state index is 0.192. The maximum Gasteiger partial charge on any atom is 0.300 e. The SMILES string of the molecule is CCNS(=O)(=O)Nc1cc(CN2CC=C(c3ccc(C(=O)NC)nc3C)CC2)ccn1. The molecule has 0 radical (unpaired) electrons. The summed E-state index contributed by atoms with van der Waals surface area (Å²) in [7, 11) is -2.01. The van der Waals surface area contributed by atoms with E-state index in [9.17, 15) is 13.2 Å². The first-order valence-corrected chi connectivity index (χ1v) is 11.6. The van der Waals surface area contributed by atoms with Crippen LogP contribution in [0.4, 0.5) is 5.82 Å². The molecule has 0 spiro atoms. The summed E-state index contributed by atoms with van der Waals surface area (Å²) in [6, 6.07) is 7.34. The highest BCUT2D eigenvalue weighted by Crippen LogP contribution is 2.25. The molecule has 1 amide bonds. The van der Waals surface area contributed by atoms with Crippen molar-refractivity contribution in [3.63, 3.8) is 0 Å². The highest BCUT2D eigenvalue weighted by Gasteiger charge is 2.17. The average Bonchev–Trinajstić information content (AvgIpc) is 2.73. The van der Waals surface area contributed by atoms with Gasteiger partial charge in [0.15, 0.2) is 0 Å². The lowest BCUT2D eigenvalue weighted by molar-refractivity contribution is 0.0958. The van der Waals surface area contributed by atoms with Crippen LogP contribution in [-0.2, 0) is 16.8 Å². The molecule has 10 heteroatoms. The Morgan fingerprint density at radius 3 is 2.71 bits per heavy atom. The van der Waals surface area contributed by atoms with Gasteiger partial charge in [-0.15, -0.1) is 0 Å². The molecule has 9 nitrogen and oxygen atoms in total. The lowest BCUT2D eigenvalue weighted by Crippen LogP contribution is -2.30. The van der Waals surface area contributed by atoms with Crippen LogP contribution in [0.1, 0.15) is 40.7 Å². The molecule has 1 aliphatic heterocycles. The Morgan fingerprint density at radius 2 is 2.06 bits per heavy atom. The van der Waals surface area contributed by atoms with E-state index in [0.29, 0.717) is 24.6 Å². The molecule has 2 aromatic heterocycles. The van der Waals surface area contributed by atoms with Gasteiger partial charge < -0.3 is 5.32 Å². The van der Waals surface area contributed by atoms with Crippen molar-refractivity contribution >= 4 is 27.5 Å². The van der Waals surface area contributed by atoms with Crippen molar-refractivity contribution in [1.29, 1.82) is 0 Å². The molecule has 166 valence electrons. The minimum Gasteiger partial charge on any atom is -0.354 e. The van der Waals surface area contributed by atoms with E-state index in [1.54, 1.807) is 32.3 Å². The minimum atomic E-state index is -3.60. The maximum absolute atomic E-state index is 11.9. The van der Waals surface area contributed by atoms with Crippen molar-refractivity contribution in [3.05, 3.63) is 59.1 Å². The number of nitrogens with zero attached hydrogens (tertiary/aromatic N) is 3. The van der Waals surface area contributed by atoms with Crippen molar-refractivity contribution in [2.45, 2.75) is 26.8 Å². The standard InChI is InChI=1S/C21H28N6O3S/c1-4-24-31(29,30)26-20-13-16(7-10-23-20)14-27-11-8-17(9-12-27)18-5-6-19(21(28)22-3)25-15(18)2/h5-8,10,13,24H,4,9,11-12,14H2,1-3H3,(H,22,28)(H,23,26). The molecule has 0 saturated carbocycles. The van der Waals surface area contributed by atoms with E-state index in [-0.39, 0.29) is 5.91 Å². The summed E-state index contributed by atoms with van der Waals surface area (Å²) in [5.41, 5.74) is 4.52. The van der Waals surface area contributed by atoms with Gasteiger partial charge in [-0.2, -0.15) is 13.1 Å². The van der Waals surface area contributed by atoms with Crippen molar-refractivity contribution in [2.24, 2.45) is 0 Å². The summed E-state index contributed by atoms with van der Waals surface area (Å²) >= 11 is 0. The number of rotatable bonds is 8. The highest BCUT2D eigenvalue weighted by atomic mass is 32.2. The largest absolute Gasteiger partial charge is 0.354 e. The number of carbonyl (C=O) groups excluding carboxylic acids is 1. The number of aryl methyl sites for hydroxylation is 1. The number of amides is 1. The Bertz CT molecular complexity index is 1080. The molecule has 31 heavy (non-hydrogen) atoms. The third-order valence-electron chi connectivity index (χ3n) is 4.99. The van der Waals surface area contributed by atoms with Crippen LogP contribution in [-0.4, -0.2) is 55.9 Å². The molecule has 2 aromatic rings. The second-order valence-electron chi connectivity index (χ2n) is 7.28. The van der Waals surface area contributed by atoms with E-state index in [2.05, 4.69) is 35.7 Å². The molecular weight excluding hydrogens is 416 g/mol. The van der Waals surface area contributed by atoms with Gasteiger partial charge in [-0.25, -0.2) is 9.97 Å². The number of pyridine rings is 2. The molecular formula is C21H28N6O3S. The predicted molar refractivity (Wildman–Crippen MR) is 121 cm³/mol. The molecule has 0 aliphatic carbocycles. The van der Waals surface area contributed by atoms with E-state index in [0.717, 1.165) is 36.3 Å². The van der Waals surface area contributed by atoms with Gasteiger partial charge in [0.05, 0.1) is 0 Å². The van der Waals surface area contributed by atoms with Gasteiger partial charge in [-0.05, 0) is 48.2 Å². The van der Waals surface area contributed by atoms with E-state index in [1.165, 1.54) is 5.57 Å². The van der Waals surface area contributed by atoms with Crippen molar-refractivity contribution in [1.82, 2.24) is 24.9 Å². The molecule has 0 atom stereocenters. The summed E-state index contributed by atoms with van der Waals surface area (Å²) in [6.45, 7) is 6.27. The topological polar surface area (TPSA) is 116 Å². The first kappa shape index (κ1) is 22.9. The highest BCUT2D eigenvalue weighted by molar-refractivity contribution is 7.90. The van der Waals surface area contributed by atoms with Crippen molar-refractivity contribution < 1.29 is 13.2 Å². The normalized spacial score (nSPS) is 14.7. The number of aromatic nitrogens is 2. The lowest BCUT2D eigenvalue weighted by Gasteiger charge is -2.27. The quantitative estimate of drug-likeness (QED) is 0.571. The molecule has 0 fully saturated rings. The van der Waals surface area contributed by atoms with Crippen LogP contribution < -0.4 is 14.8 Å². The Morgan fingerprint density at radius 1 is 1.26 bits per heavy atom. The number of hydrogen-bond donors (Lipinski definition) is 3. The third kappa shape index (κ3) is 6.09. The van der Waals surface area contributed by atoms with Crippen LogP contribution in [0, 0.1) is 6.92 Å². The maximum atomic E-state index is 11.9. The van der Waals surface area contributed by atoms with Crippen LogP contribution in [0.2, 0.25) is 0 Å². The van der Waals surface area contributed by atoms with Crippen LogP contribution >= 0.6 is 0 Å². The molecule has 0 bridgehead atoms. The zero-order chi connectivity index (χ0) is 22.4. The molecule has 0 aromatic carbocycles. The predicted octanol–water partition coefficient (Wildman–Crippen LogP) is 1.70. The van der Waals surface area contributed by atoms with E-state index < -0.39 is 10.2 Å². The van der Waals surface area contributed by atoms with Crippen molar-refractivity contribution in [3.8, 4) is 0 Å². The Hall–Kier alpha value is -2.82. The van der Waals surface area contributed by atoms with Gasteiger partial charge >= 0.3 is 0 Å².